The zero-order valence-corrected chi connectivity index (χ0v) is 20.7. The second-order valence-electron chi connectivity index (χ2n) is 8.31. The van der Waals surface area contributed by atoms with Crippen LogP contribution in [0.2, 0.25) is 0 Å². The van der Waals surface area contributed by atoms with Crippen molar-refractivity contribution in [1.29, 1.82) is 5.26 Å². The fourth-order valence-corrected chi connectivity index (χ4v) is 4.77. The van der Waals surface area contributed by atoms with E-state index in [0.29, 0.717) is 21.4 Å². The van der Waals surface area contributed by atoms with Gasteiger partial charge in [-0.15, -0.1) is 11.3 Å². The van der Waals surface area contributed by atoms with Gasteiger partial charge in [0, 0.05) is 6.54 Å². The van der Waals surface area contributed by atoms with Gasteiger partial charge in [0.25, 0.3) is 11.5 Å². The molecule has 0 spiro atoms. The second kappa shape index (κ2) is 12.7. The van der Waals surface area contributed by atoms with E-state index in [1.165, 1.54) is 35.2 Å². The number of nitrogens with one attached hydrogen (secondary N) is 1. The van der Waals surface area contributed by atoms with Gasteiger partial charge in [-0.1, -0.05) is 87.1 Å². The number of nitrogens with zero attached hydrogens (tertiary/aromatic N) is 2. The third-order valence-corrected chi connectivity index (χ3v) is 6.67. The number of nitriles is 1. The Hall–Kier alpha value is -3.43. The van der Waals surface area contributed by atoms with E-state index in [1.807, 2.05) is 49.4 Å². The molecule has 1 N–H and O–H groups in total. The Morgan fingerprint density at radius 3 is 2.38 bits per heavy atom. The molecule has 0 aliphatic carbocycles. The molecule has 0 aliphatic rings. The molecule has 3 rings (SSSR count). The molecule has 0 saturated carbocycles. The summed E-state index contributed by atoms with van der Waals surface area (Å²) in [7, 11) is 0. The van der Waals surface area contributed by atoms with Crippen LogP contribution in [-0.4, -0.2) is 17.0 Å². The van der Waals surface area contributed by atoms with Gasteiger partial charge in [0.2, 0.25) is 0 Å². The molecule has 2 aromatic carbocycles. The quantitative estimate of drug-likeness (QED) is 0.449. The lowest BCUT2D eigenvalue weighted by molar-refractivity contribution is -0.115. The van der Waals surface area contributed by atoms with Gasteiger partial charge in [0.15, 0.2) is 5.57 Å². The highest BCUT2D eigenvalue weighted by atomic mass is 32.1. The van der Waals surface area contributed by atoms with Gasteiger partial charge in [0.05, 0.1) is 10.2 Å². The van der Waals surface area contributed by atoms with Crippen LogP contribution in [0.15, 0.2) is 59.4 Å². The maximum atomic E-state index is 13.4. The molecule has 0 unspecified atom stereocenters. The molecule has 1 amide bonds. The molecule has 0 aliphatic heterocycles. The zero-order valence-electron chi connectivity index (χ0n) is 19.8. The Balaban J connectivity index is 1.99. The van der Waals surface area contributed by atoms with Crippen LogP contribution >= 0.6 is 11.3 Å². The zero-order chi connectivity index (χ0) is 24.3. The summed E-state index contributed by atoms with van der Waals surface area (Å²) in [6.07, 6.45) is 8.51. The number of rotatable bonds is 10. The number of thiazole rings is 1. The molecule has 5 nitrogen and oxygen atoms in total. The van der Waals surface area contributed by atoms with Crippen LogP contribution in [0.5, 0.6) is 0 Å². The predicted octanol–water partition coefficient (Wildman–Crippen LogP) is 4.19. The Kier molecular flexibility index (Phi) is 9.42. The largest absolute Gasteiger partial charge is 0.351 e. The first-order valence-electron chi connectivity index (χ1n) is 11.8. The second-order valence-corrected chi connectivity index (χ2v) is 9.34. The van der Waals surface area contributed by atoms with Crippen LogP contribution in [0.3, 0.4) is 0 Å². The van der Waals surface area contributed by atoms with E-state index in [2.05, 4.69) is 18.3 Å². The lowest BCUT2D eigenvalue weighted by Gasteiger charge is -2.06. The van der Waals surface area contributed by atoms with E-state index >= 15 is 0 Å². The average Bonchev–Trinajstić information content (AvgIpc) is 3.16. The molecular formula is C28H31N3O2S. The normalized spacial score (nSPS) is 12.3. The minimum Gasteiger partial charge on any atom is -0.351 e. The molecule has 1 aromatic heterocycles. The third kappa shape index (κ3) is 6.55. The summed E-state index contributed by atoms with van der Waals surface area (Å²) in [6.45, 7) is 4.70. The van der Waals surface area contributed by atoms with E-state index in [1.54, 1.807) is 18.2 Å². The van der Waals surface area contributed by atoms with Crippen LogP contribution in [0.1, 0.15) is 56.6 Å². The van der Waals surface area contributed by atoms with Crippen molar-refractivity contribution in [2.75, 3.05) is 6.54 Å². The number of carbonyl (C=O) groups excluding carboxylic acids is 1. The van der Waals surface area contributed by atoms with Crippen molar-refractivity contribution in [2.45, 2.75) is 52.4 Å². The first-order valence-corrected chi connectivity index (χ1v) is 12.6. The van der Waals surface area contributed by atoms with Crippen molar-refractivity contribution in [2.24, 2.45) is 0 Å². The number of aryl methyl sites for hydroxylation is 1. The molecule has 0 radical (unpaired) electrons. The number of hydrogen-bond donors (Lipinski definition) is 1. The minimum absolute atomic E-state index is 0.0412. The van der Waals surface area contributed by atoms with E-state index in [9.17, 15) is 14.9 Å². The summed E-state index contributed by atoms with van der Waals surface area (Å²) < 4.78 is 2.28. The van der Waals surface area contributed by atoms with E-state index in [4.69, 9.17) is 0 Å². The Morgan fingerprint density at radius 2 is 1.71 bits per heavy atom. The highest BCUT2D eigenvalue weighted by molar-refractivity contribution is 7.07. The number of benzene rings is 2. The van der Waals surface area contributed by atoms with Gasteiger partial charge < -0.3 is 5.32 Å². The van der Waals surface area contributed by atoms with Crippen molar-refractivity contribution in [3.05, 3.63) is 85.3 Å². The van der Waals surface area contributed by atoms with Crippen molar-refractivity contribution >= 4 is 28.9 Å². The minimum atomic E-state index is -0.441. The molecule has 1 heterocycles. The standard InChI is InChI=1S/C28H31N3O2S/c1-3-4-5-6-7-11-18-30-26(32)24(20-29)28-31(23-12-9-8-10-13-23)27(33)25(34-28)19-22-16-14-21(2)15-17-22/h8-10,12-17,19H,3-7,11,18H2,1-2H3,(H,30,32)/b25-19+,28-24-. The summed E-state index contributed by atoms with van der Waals surface area (Å²) in [5.74, 6) is -0.441. The van der Waals surface area contributed by atoms with Crippen molar-refractivity contribution < 1.29 is 4.79 Å². The van der Waals surface area contributed by atoms with Crippen molar-refractivity contribution in [3.8, 4) is 11.8 Å². The lowest BCUT2D eigenvalue weighted by Crippen LogP contribution is -2.34. The smallest absolute Gasteiger partial charge is 0.273 e. The molecular weight excluding hydrogens is 442 g/mol. The molecule has 0 bridgehead atoms. The molecule has 34 heavy (non-hydrogen) atoms. The summed E-state index contributed by atoms with van der Waals surface area (Å²) in [6, 6.07) is 19.0. The van der Waals surface area contributed by atoms with Crippen LogP contribution in [-0.2, 0) is 4.79 Å². The summed E-state index contributed by atoms with van der Waals surface area (Å²) in [5.41, 5.74) is 2.36. The third-order valence-electron chi connectivity index (χ3n) is 5.58. The number of aromatic nitrogens is 1. The maximum absolute atomic E-state index is 13.4. The van der Waals surface area contributed by atoms with Gasteiger partial charge >= 0.3 is 0 Å². The van der Waals surface area contributed by atoms with Crippen LogP contribution in [0, 0.1) is 18.3 Å². The van der Waals surface area contributed by atoms with Gasteiger partial charge in [-0.05, 0) is 37.1 Å². The van der Waals surface area contributed by atoms with Gasteiger partial charge in [-0.2, -0.15) is 5.26 Å². The number of hydrogen-bond acceptors (Lipinski definition) is 4. The molecule has 0 saturated heterocycles. The summed E-state index contributed by atoms with van der Waals surface area (Å²) in [4.78, 5) is 26.3. The highest BCUT2D eigenvalue weighted by Crippen LogP contribution is 2.07. The predicted molar refractivity (Wildman–Crippen MR) is 139 cm³/mol. The molecule has 3 aromatic rings. The SMILES string of the molecule is CCCCCCCCNC(=O)/C(C#N)=c1\s/c(=C/c2ccc(C)cc2)c(=O)n1-c1ccccc1. The molecule has 0 fully saturated rings. The fraction of sp³-hybridized carbons (Fsp3) is 0.321. The number of para-hydroxylation sites is 1. The van der Waals surface area contributed by atoms with Gasteiger partial charge in [-0.3, -0.25) is 14.2 Å². The highest BCUT2D eigenvalue weighted by Gasteiger charge is 2.16. The average molecular weight is 474 g/mol. The summed E-state index contributed by atoms with van der Waals surface area (Å²) >= 11 is 1.17. The Bertz CT molecular complexity index is 1310. The Morgan fingerprint density at radius 1 is 1.03 bits per heavy atom. The topological polar surface area (TPSA) is 74.9 Å². The number of carbonyl (C=O) groups is 1. The number of amides is 1. The van der Waals surface area contributed by atoms with Gasteiger partial charge in [0.1, 0.15) is 10.7 Å². The van der Waals surface area contributed by atoms with Crippen molar-refractivity contribution in [1.82, 2.24) is 9.88 Å². The monoisotopic (exact) mass is 473 g/mol. The first-order chi connectivity index (χ1) is 16.5. The lowest BCUT2D eigenvalue weighted by atomic mass is 10.1. The van der Waals surface area contributed by atoms with Crippen LogP contribution < -0.4 is 20.1 Å². The van der Waals surface area contributed by atoms with Crippen LogP contribution in [0.4, 0.5) is 0 Å². The Labute approximate surface area is 204 Å². The van der Waals surface area contributed by atoms with E-state index < -0.39 is 5.91 Å². The maximum Gasteiger partial charge on any atom is 0.273 e. The molecule has 0 atom stereocenters. The van der Waals surface area contributed by atoms with Gasteiger partial charge in [-0.25, -0.2) is 0 Å². The molecule has 176 valence electrons. The number of unbranched alkanes of at least 4 members (excludes halogenated alkanes) is 5. The van der Waals surface area contributed by atoms with E-state index in [0.717, 1.165) is 30.4 Å². The first kappa shape index (κ1) is 25.2. The van der Waals surface area contributed by atoms with E-state index in [-0.39, 0.29) is 11.1 Å². The fourth-order valence-electron chi connectivity index (χ4n) is 3.67. The molecule has 6 heteroatoms. The van der Waals surface area contributed by atoms with Crippen LogP contribution in [0.25, 0.3) is 17.3 Å². The van der Waals surface area contributed by atoms with Crippen molar-refractivity contribution in [3.63, 3.8) is 0 Å². The summed E-state index contributed by atoms with van der Waals surface area (Å²) in [5, 5.41) is 12.7.